The molecule has 0 saturated carbocycles. The van der Waals surface area contributed by atoms with Gasteiger partial charge in [0.15, 0.2) is 5.16 Å². The molecular weight excluding hydrogens is 276 g/mol. The minimum Gasteiger partial charge on any atom is -0.384 e. The molecule has 0 spiro atoms. The van der Waals surface area contributed by atoms with Crippen LogP contribution in [0.2, 0.25) is 0 Å². The predicted molar refractivity (Wildman–Crippen MR) is 78.5 cm³/mol. The number of morpholine rings is 1. The first-order valence-corrected chi connectivity index (χ1v) is 7.70. The van der Waals surface area contributed by atoms with Crippen molar-refractivity contribution in [2.24, 2.45) is 0 Å². The van der Waals surface area contributed by atoms with Crippen molar-refractivity contribution < 1.29 is 9.53 Å². The normalized spacial score (nSPS) is 19.1. The molecule has 1 aliphatic rings. The number of carbonyl (C=O) groups excluding carboxylic acids is 1. The Hall–Kier alpha value is -1.34. The first-order valence-electron chi connectivity index (χ1n) is 6.71. The number of nitrogen functional groups attached to an aromatic ring is 1. The number of aromatic nitrogens is 2. The highest BCUT2D eigenvalue weighted by Gasteiger charge is 2.23. The van der Waals surface area contributed by atoms with Crippen LogP contribution in [0.25, 0.3) is 0 Å². The summed E-state index contributed by atoms with van der Waals surface area (Å²) >= 11 is 1.33. The SMILES string of the molecule is CC[C@H]1CN(C(=O)CSc2nc(C)cc(N)n2)CCO1. The molecule has 1 aliphatic heterocycles. The molecule has 0 unspecified atom stereocenters. The number of amides is 1. The van der Waals surface area contributed by atoms with Crippen LogP contribution < -0.4 is 5.73 Å². The van der Waals surface area contributed by atoms with Crippen LogP contribution in [0.15, 0.2) is 11.2 Å². The van der Waals surface area contributed by atoms with Gasteiger partial charge in [-0.05, 0) is 13.3 Å². The van der Waals surface area contributed by atoms with Crippen LogP contribution in [-0.4, -0.2) is 52.3 Å². The molecule has 2 N–H and O–H groups in total. The molecule has 2 rings (SSSR count). The average molecular weight is 296 g/mol. The number of nitrogens with zero attached hydrogens (tertiary/aromatic N) is 3. The van der Waals surface area contributed by atoms with E-state index >= 15 is 0 Å². The van der Waals surface area contributed by atoms with E-state index in [-0.39, 0.29) is 12.0 Å². The summed E-state index contributed by atoms with van der Waals surface area (Å²) in [5.74, 6) is 0.865. The molecule has 1 amide bonds. The maximum Gasteiger partial charge on any atom is 0.233 e. The third-order valence-corrected chi connectivity index (χ3v) is 3.96. The number of thioether (sulfide) groups is 1. The highest BCUT2D eigenvalue weighted by atomic mass is 32.2. The third kappa shape index (κ3) is 4.08. The summed E-state index contributed by atoms with van der Waals surface area (Å²) in [6.07, 6.45) is 1.08. The van der Waals surface area contributed by atoms with Crippen molar-refractivity contribution in [3.8, 4) is 0 Å². The number of hydrogen-bond donors (Lipinski definition) is 1. The first kappa shape index (κ1) is 15.1. The maximum absolute atomic E-state index is 12.2. The zero-order valence-electron chi connectivity index (χ0n) is 11.8. The quantitative estimate of drug-likeness (QED) is 0.662. The fourth-order valence-corrected chi connectivity index (χ4v) is 2.85. The Bertz CT molecular complexity index is 463. The number of carbonyl (C=O) groups is 1. The van der Waals surface area contributed by atoms with Crippen molar-refractivity contribution in [1.29, 1.82) is 0 Å². The van der Waals surface area contributed by atoms with Crippen molar-refractivity contribution in [3.63, 3.8) is 0 Å². The molecular formula is C13H20N4O2S. The summed E-state index contributed by atoms with van der Waals surface area (Å²) < 4.78 is 5.56. The summed E-state index contributed by atoms with van der Waals surface area (Å²) in [6.45, 7) is 5.87. The highest BCUT2D eigenvalue weighted by molar-refractivity contribution is 7.99. The number of anilines is 1. The molecule has 0 aromatic carbocycles. The smallest absolute Gasteiger partial charge is 0.233 e. The van der Waals surface area contributed by atoms with Crippen LogP contribution in [-0.2, 0) is 9.53 Å². The van der Waals surface area contributed by atoms with E-state index in [9.17, 15) is 4.79 Å². The molecule has 1 aromatic heterocycles. The zero-order chi connectivity index (χ0) is 14.5. The fraction of sp³-hybridized carbons (Fsp3) is 0.615. The molecule has 20 heavy (non-hydrogen) atoms. The Kier molecular flexibility index (Phi) is 5.19. The van der Waals surface area contributed by atoms with E-state index in [2.05, 4.69) is 16.9 Å². The lowest BCUT2D eigenvalue weighted by Crippen LogP contribution is -2.46. The molecule has 7 heteroatoms. The van der Waals surface area contributed by atoms with Crippen LogP contribution in [0.1, 0.15) is 19.0 Å². The molecule has 110 valence electrons. The van der Waals surface area contributed by atoms with Crippen molar-refractivity contribution in [2.45, 2.75) is 31.5 Å². The molecule has 1 aromatic rings. The van der Waals surface area contributed by atoms with E-state index < -0.39 is 0 Å². The van der Waals surface area contributed by atoms with Gasteiger partial charge in [-0.2, -0.15) is 0 Å². The van der Waals surface area contributed by atoms with Gasteiger partial charge in [0, 0.05) is 24.8 Å². The van der Waals surface area contributed by atoms with Gasteiger partial charge in [0.2, 0.25) is 5.91 Å². The number of hydrogen-bond acceptors (Lipinski definition) is 6. The number of nitrogens with two attached hydrogens (primary N) is 1. The second-order valence-corrected chi connectivity index (χ2v) is 5.69. The van der Waals surface area contributed by atoms with Crippen LogP contribution in [0, 0.1) is 6.92 Å². The Morgan fingerprint density at radius 1 is 1.60 bits per heavy atom. The number of ether oxygens (including phenoxy) is 1. The maximum atomic E-state index is 12.2. The first-order chi connectivity index (χ1) is 9.58. The molecule has 0 aliphatic carbocycles. The topological polar surface area (TPSA) is 81.3 Å². The third-order valence-electron chi connectivity index (χ3n) is 3.13. The van der Waals surface area contributed by atoms with Gasteiger partial charge in [0.05, 0.1) is 18.5 Å². The second-order valence-electron chi connectivity index (χ2n) is 4.75. The zero-order valence-corrected chi connectivity index (χ0v) is 12.7. The Labute approximate surface area is 123 Å². The standard InChI is InChI=1S/C13H20N4O2S/c1-3-10-7-17(4-5-19-10)12(18)8-20-13-15-9(2)6-11(14)16-13/h6,10H,3-5,7-8H2,1-2H3,(H2,14,15,16)/t10-/m0/s1. The largest absolute Gasteiger partial charge is 0.384 e. The van der Waals surface area contributed by atoms with Gasteiger partial charge >= 0.3 is 0 Å². The fourth-order valence-electron chi connectivity index (χ4n) is 2.04. The Balaban J connectivity index is 1.88. The van der Waals surface area contributed by atoms with Gasteiger partial charge in [-0.15, -0.1) is 0 Å². The van der Waals surface area contributed by atoms with Crippen molar-refractivity contribution >= 4 is 23.5 Å². The van der Waals surface area contributed by atoms with Gasteiger partial charge in [-0.25, -0.2) is 9.97 Å². The lowest BCUT2D eigenvalue weighted by molar-refractivity contribution is -0.135. The molecule has 1 fully saturated rings. The van der Waals surface area contributed by atoms with Gasteiger partial charge in [-0.1, -0.05) is 18.7 Å². The second kappa shape index (κ2) is 6.90. The summed E-state index contributed by atoms with van der Waals surface area (Å²) in [7, 11) is 0. The molecule has 0 bridgehead atoms. The summed E-state index contributed by atoms with van der Waals surface area (Å²) in [5.41, 5.74) is 6.48. The van der Waals surface area contributed by atoms with Crippen molar-refractivity contribution in [3.05, 3.63) is 11.8 Å². The number of aryl methyl sites for hydroxylation is 1. The monoisotopic (exact) mass is 296 g/mol. The van der Waals surface area contributed by atoms with Crippen LogP contribution in [0.5, 0.6) is 0 Å². The van der Waals surface area contributed by atoms with Crippen molar-refractivity contribution in [2.75, 3.05) is 31.2 Å². The van der Waals surface area contributed by atoms with Crippen LogP contribution in [0.3, 0.4) is 0 Å². The minimum atomic E-state index is 0.0976. The summed E-state index contributed by atoms with van der Waals surface area (Å²) in [5, 5.41) is 0.552. The van der Waals surface area contributed by atoms with Crippen molar-refractivity contribution in [1.82, 2.24) is 14.9 Å². The van der Waals surface area contributed by atoms with E-state index in [1.807, 2.05) is 11.8 Å². The Morgan fingerprint density at radius 3 is 3.10 bits per heavy atom. The van der Waals surface area contributed by atoms with Crippen LogP contribution in [0.4, 0.5) is 5.82 Å². The lowest BCUT2D eigenvalue weighted by Gasteiger charge is -2.32. The summed E-state index contributed by atoms with van der Waals surface area (Å²) in [6, 6.07) is 1.71. The average Bonchev–Trinajstić information content (AvgIpc) is 2.44. The molecule has 6 nitrogen and oxygen atoms in total. The van der Waals surface area contributed by atoms with E-state index in [0.717, 1.165) is 12.1 Å². The van der Waals surface area contributed by atoms with Gasteiger partial charge in [0.25, 0.3) is 0 Å². The van der Waals surface area contributed by atoms with E-state index in [4.69, 9.17) is 10.5 Å². The van der Waals surface area contributed by atoms with E-state index in [0.29, 0.717) is 36.4 Å². The van der Waals surface area contributed by atoms with Crippen LogP contribution >= 0.6 is 11.8 Å². The lowest BCUT2D eigenvalue weighted by atomic mass is 10.2. The van der Waals surface area contributed by atoms with E-state index in [1.54, 1.807) is 6.07 Å². The van der Waals surface area contributed by atoms with Gasteiger partial charge in [0.1, 0.15) is 5.82 Å². The minimum absolute atomic E-state index is 0.0976. The van der Waals surface area contributed by atoms with E-state index in [1.165, 1.54) is 11.8 Å². The number of rotatable bonds is 4. The molecule has 0 radical (unpaired) electrons. The molecule has 2 heterocycles. The molecule has 1 atom stereocenters. The van der Waals surface area contributed by atoms with Gasteiger partial charge < -0.3 is 15.4 Å². The predicted octanol–water partition coefficient (Wildman–Crippen LogP) is 1.10. The Morgan fingerprint density at radius 2 is 2.40 bits per heavy atom. The molecule has 1 saturated heterocycles. The summed E-state index contributed by atoms with van der Waals surface area (Å²) in [4.78, 5) is 22.4. The van der Waals surface area contributed by atoms with Gasteiger partial charge in [-0.3, -0.25) is 4.79 Å². The highest BCUT2D eigenvalue weighted by Crippen LogP contribution is 2.17.